The Bertz CT molecular complexity index is 123. The van der Waals surface area contributed by atoms with Gasteiger partial charge in [-0.3, -0.25) is 4.79 Å². The molecular weight excluding hydrogens is 116 g/mol. The number of rotatable bonds is 3. The number of carbonyl (C=O) groups is 1. The number of allylic oxidation sites excluding steroid dienone is 3. The number of hydrogen-bond donors (Lipinski definition) is 1. The van der Waals surface area contributed by atoms with Crippen molar-refractivity contribution in [1.29, 1.82) is 0 Å². The highest BCUT2D eigenvalue weighted by molar-refractivity contribution is 5.65. The summed E-state index contributed by atoms with van der Waals surface area (Å²) in [6.45, 7) is 1.64. The summed E-state index contributed by atoms with van der Waals surface area (Å²) in [7, 11) is 0. The summed E-state index contributed by atoms with van der Waals surface area (Å²) in [6, 6.07) is 0. The van der Waals surface area contributed by atoms with Crippen molar-refractivity contribution in [3.05, 3.63) is 24.3 Å². The summed E-state index contributed by atoms with van der Waals surface area (Å²) < 4.78 is 0. The molecule has 0 saturated carbocycles. The van der Waals surface area contributed by atoms with Gasteiger partial charge in [0, 0.05) is 0 Å². The molecule has 0 radical (unpaired) electrons. The predicted octanol–water partition coefficient (Wildman–Crippen LogP) is 0.678. The number of aldehydes is 1. The maximum Gasteiger partial charge on any atom is 0.142 e. The van der Waals surface area contributed by atoms with Crippen LogP contribution in [0.15, 0.2) is 24.3 Å². The van der Waals surface area contributed by atoms with E-state index in [2.05, 4.69) is 0 Å². The zero-order valence-electron chi connectivity index (χ0n) is 5.32. The SMILES string of the molecule is C[C@@H](O)/C=C/C=C/C=O. The standard InChI is InChI=1S/C7H10O2/c1-7(9)5-3-2-4-6-8/h2-7,9H,1H3/b4-2+,5-3+/t7-/m1/s1. The topological polar surface area (TPSA) is 37.3 Å². The van der Waals surface area contributed by atoms with Gasteiger partial charge >= 0.3 is 0 Å². The van der Waals surface area contributed by atoms with Gasteiger partial charge in [0.25, 0.3) is 0 Å². The molecular formula is C7H10O2. The summed E-state index contributed by atoms with van der Waals surface area (Å²) >= 11 is 0. The molecule has 50 valence electrons. The van der Waals surface area contributed by atoms with Crippen molar-refractivity contribution in [2.75, 3.05) is 0 Å². The fourth-order valence-corrected chi connectivity index (χ4v) is 0.334. The second-order valence-corrected chi connectivity index (χ2v) is 1.65. The summed E-state index contributed by atoms with van der Waals surface area (Å²) in [6.07, 6.45) is 6.38. The Hall–Kier alpha value is -0.890. The maximum atomic E-state index is 9.67. The lowest BCUT2D eigenvalue weighted by atomic mass is 10.3. The molecule has 0 aromatic carbocycles. The van der Waals surface area contributed by atoms with E-state index in [9.17, 15) is 4.79 Å². The normalized spacial score (nSPS) is 14.9. The molecule has 0 aliphatic rings. The molecule has 0 unspecified atom stereocenters. The van der Waals surface area contributed by atoms with Gasteiger partial charge in [-0.25, -0.2) is 0 Å². The second-order valence-electron chi connectivity index (χ2n) is 1.65. The molecule has 0 aliphatic carbocycles. The molecule has 2 heteroatoms. The number of carbonyl (C=O) groups excluding carboxylic acids is 1. The van der Waals surface area contributed by atoms with Crippen molar-refractivity contribution >= 4 is 6.29 Å². The first-order valence-corrected chi connectivity index (χ1v) is 2.74. The van der Waals surface area contributed by atoms with Gasteiger partial charge in [-0.2, -0.15) is 0 Å². The van der Waals surface area contributed by atoms with Crippen LogP contribution < -0.4 is 0 Å². The molecule has 0 aliphatic heterocycles. The first kappa shape index (κ1) is 8.11. The zero-order chi connectivity index (χ0) is 7.11. The molecule has 0 spiro atoms. The van der Waals surface area contributed by atoms with Crippen LogP contribution >= 0.6 is 0 Å². The highest BCUT2D eigenvalue weighted by Gasteiger charge is 1.79. The summed E-state index contributed by atoms with van der Waals surface area (Å²) in [5.41, 5.74) is 0. The van der Waals surface area contributed by atoms with Crippen molar-refractivity contribution in [2.24, 2.45) is 0 Å². The lowest BCUT2D eigenvalue weighted by Crippen LogP contribution is -1.90. The fourth-order valence-electron chi connectivity index (χ4n) is 0.334. The zero-order valence-corrected chi connectivity index (χ0v) is 5.32. The summed E-state index contributed by atoms with van der Waals surface area (Å²) in [4.78, 5) is 9.67. The van der Waals surface area contributed by atoms with Gasteiger partial charge in [0.05, 0.1) is 6.10 Å². The third kappa shape index (κ3) is 7.11. The van der Waals surface area contributed by atoms with Gasteiger partial charge in [0.2, 0.25) is 0 Å². The van der Waals surface area contributed by atoms with Gasteiger partial charge < -0.3 is 5.11 Å². The van der Waals surface area contributed by atoms with Gasteiger partial charge in [0.15, 0.2) is 0 Å². The second kappa shape index (κ2) is 5.25. The molecule has 0 aromatic rings. The first-order chi connectivity index (χ1) is 4.27. The Labute approximate surface area is 54.5 Å². The van der Waals surface area contributed by atoms with Gasteiger partial charge in [0.1, 0.15) is 6.29 Å². The minimum atomic E-state index is -0.443. The molecule has 0 heterocycles. The predicted molar refractivity (Wildman–Crippen MR) is 36.0 cm³/mol. The molecule has 0 rings (SSSR count). The Morgan fingerprint density at radius 1 is 1.33 bits per heavy atom. The van der Waals surface area contributed by atoms with Crippen molar-refractivity contribution in [3.8, 4) is 0 Å². The van der Waals surface area contributed by atoms with Crippen molar-refractivity contribution in [3.63, 3.8) is 0 Å². The quantitative estimate of drug-likeness (QED) is 0.343. The molecule has 9 heavy (non-hydrogen) atoms. The lowest BCUT2D eigenvalue weighted by molar-refractivity contribution is -0.104. The molecule has 0 saturated heterocycles. The van der Waals surface area contributed by atoms with E-state index in [1.807, 2.05) is 0 Å². The largest absolute Gasteiger partial charge is 0.389 e. The Morgan fingerprint density at radius 3 is 2.44 bits per heavy atom. The average molecular weight is 126 g/mol. The van der Waals surface area contributed by atoms with Crippen LogP contribution in [0.5, 0.6) is 0 Å². The van der Waals surface area contributed by atoms with Crippen LogP contribution in [0, 0.1) is 0 Å². The number of aliphatic hydroxyl groups excluding tert-OH is 1. The van der Waals surface area contributed by atoms with E-state index in [0.29, 0.717) is 6.29 Å². The Kier molecular flexibility index (Phi) is 4.73. The molecule has 0 amide bonds. The summed E-state index contributed by atoms with van der Waals surface area (Å²) in [5, 5.41) is 8.64. The molecule has 1 atom stereocenters. The molecule has 0 bridgehead atoms. The molecule has 2 nitrogen and oxygen atoms in total. The van der Waals surface area contributed by atoms with Gasteiger partial charge in [-0.1, -0.05) is 18.2 Å². The van der Waals surface area contributed by atoms with E-state index in [-0.39, 0.29) is 0 Å². The van der Waals surface area contributed by atoms with Crippen LogP contribution in [0.3, 0.4) is 0 Å². The maximum absolute atomic E-state index is 9.67. The van der Waals surface area contributed by atoms with Gasteiger partial charge in [-0.05, 0) is 13.0 Å². The van der Waals surface area contributed by atoms with E-state index in [4.69, 9.17) is 5.11 Å². The Morgan fingerprint density at radius 2 is 2.00 bits per heavy atom. The molecule has 1 N–H and O–H groups in total. The van der Waals surface area contributed by atoms with E-state index < -0.39 is 6.10 Å². The third-order valence-electron chi connectivity index (χ3n) is 0.690. The van der Waals surface area contributed by atoms with E-state index >= 15 is 0 Å². The van der Waals surface area contributed by atoms with Crippen LogP contribution in [-0.4, -0.2) is 17.5 Å². The highest BCUT2D eigenvalue weighted by Crippen LogP contribution is 1.82. The number of aliphatic hydroxyl groups is 1. The minimum Gasteiger partial charge on any atom is -0.389 e. The van der Waals surface area contributed by atoms with E-state index in [0.717, 1.165) is 0 Å². The lowest BCUT2D eigenvalue weighted by Gasteiger charge is -1.88. The van der Waals surface area contributed by atoms with Crippen molar-refractivity contribution in [2.45, 2.75) is 13.0 Å². The van der Waals surface area contributed by atoms with Crippen LogP contribution in [0.4, 0.5) is 0 Å². The minimum absolute atomic E-state index is 0.443. The van der Waals surface area contributed by atoms with Crippen molar-refractivity contribution in [1.82, 2.24) is 0 Å². The summed E-state index contributed by atoms with van der Waals surface area (Å²) in [5.74, 6) is 0. The average Bonchev–Trinajstić information content (AvgIpc) is 1.80. The van der Waals surface area contributed by atoms with Crippen LogP contribution in [0.1, 0.15) is 6.92 Å². The van der Waals surface area contributed by atoms with Crippen LogP contribution in [-0.2, 0) is 4.79 Å². The van der Waals surface area contributed by atoms with Crippen molar-refractivity contribution < 1.29 is 9.90 Å². The van der Waals surface area contributed by atoms with E-state index in [1.165, 1.54) is 6.08 Å². The van der Waals surface area contributed by atoms with Gasteiger partial charge in [-0.15, -0.1) is 0 Å². The first-order valence-electron chi connectivity index (χ1n) is 2.74. The molecule has 0 aromatic heterocycles. The van der Waals surface area contributed by atoms with Crippen LogP contribution in [0.2, 0.25) is 0 Å². The van der Waals surface area contributed by atoms with Crippen LogP contribution in [0.25, 0.3) is 0 Å². The smallest absolute Gasteiger partial charge is 0.142 e. The molecule has 0 fully saturated rings. The van der Waals surface area contributed by atoms with E-state index in [1.54, 1.807) is 25.2 Å². The number of hydrogen-bond acceptors (Lipinski definition) is 2. The highest BCUT2D eigenvalue weighted by atomic mass is 16.3. The fraction of sp³-hybridized carbons (Fsp3) is 0.286. The third-order valence-corrected chi connectivity index (χ3v) is 0.690. The monoisotopic (exact) mass is 126 g/mol. The Balaban J connectivity index is 3.46.